The van der Waals surface area contributed by atoms with Crippen LogP contribution in [0.5, 0.6) is 11.5 Å². The number of carbonyl (C=O) groups is 1. The molecule has 0 unspecified atom stereocenters. The lowest BCUT2D eigenvalue weighted by Gasteiger charge is -2.37. The van der Waals surface area contributed by atoms with E-state index in [0.717, 1.165) is 0 Å². The second kappa shape index (κ2) is 5.77. The highest BCUT2D eigenvalue weighted by Crippen LogP contribution is 2.38. The minimum atomic E-state index is -3.05. The summed E-state index contributed by atoms with van der Waals surface area (Å²) in [5.41, 5.74) is 0.364. The lowest BCUT2D eigenvalue weighted by molar-refractivity contribution is -0.0686. The first kappa shape index (κ1) is 15.1. The zero-order valence-corrected chi connectivity index (χ0v) is 11.7. The van der Waals surface area contributed by atoms with Crippen molar-refractivity contribution in [2.75, 3.05) is 19.8 Å². The van der Waals surface area contributed by atoms with Gasteiger partial charge in [0.1, 0.15) is 17.9 Å². The Hall–Kier alpha value is -1.81. The molecule has 0 spiro atoms. The summed E-state index contributed by atoms with van der Waals surface area (Å²) < 4.78 is 21.0. The molecule has 0 aromatic heterocycles. The van der Waals surface area contributed by atoms with Gasteiger partial charge in [-0.15, -0.1) is 0 Å². The average Bonchev–Trinajstić information content (AvgIpc) is 2.96. The van der Waals surface area contributed by atoms with Gasteiger partial charge in [0.2, 0.25) is 0 Å². The van der Waals surface area contributed by atoms with E-state index < -0.39 is 19.0 Å². The van der Waals surface area contributed by atoms with E-state index in [2.05, 4.69) is 0 Å². The fourth-order valence-corrected chi connectivity index (χ4v) is 2.51. The summed E-state index contributed by atoms with van der Waals surface area (Å²) in [6, 6.07) is 3.17. The van der Waals surface area contributed by atoms with Crippen molar-refractivity contribution in [1.29, 1.82) is 0 Å². The Bertz CT molecular complexity index is 582. The van der Waals surface area contributed by atoms with Crippen LogP contribution >= 0.6 is 0 Å². The van der Waals surface area contributed by atoms with E-state index in [0.29, 0.717) is 25.2 Å². The smallest absolute Gasteiger partial charge is 0.430 e. The van der Waals surface area contributed by atoms with Gasteiger partial charge in [-0.05, 0) is 18.1 Å². The number of hydrogen-bond acceptors (Lipinski definition) is 7. The first-order valence-electron chi connectivity index (χ1n) is 7.01. The molecule has 0 bridgehead atoms. The van der Waals surface area contributed by atoms with Gasteiger partial charge >= 0.3 is 12.7 Å². The number of aromatic carboxylic acids is 1. The van der Waals surface area contributed by atoms with Crippen LogP contribution in [0, 0.1) is 0 Å². The maximum absolute atomic E-state index is 11.5. The molecule has 9 heteroatoms. The van der Waals surface area contributed by atoms with Crippen molar-refractivity contribution in [3.05, 3.63) is 23.3 Å². The Morgan fingerprint density at radius 3 is 2.73 bits per heavy atom. The minimum Gasteiger partial charge on any atom is -0.669 e. The topological polar surface area (TPSA) is 115 Å². The first-order chi connectivity index (χ1) is 10.5. The maximum atomic E-state index is 11.5. The number of carboxylic acids is 1. The van der Waals surface area contributed by atoms with Crippen LogP contribution in [0.1, 0.15) is 15.9 Å². The number of fused-ring (bicyclic) bond motifs is 1. The Morgan fingerprint density at radius 2 is 2.05 bits per heavy atom. The molecule has 2 aliphatic heterocycles. The van der Waals surface area contributed by atoms with Crippen molar-refractivity contribution in [2.24, 2.45) is 0 Å². The maximum Gasteiger partial charge on any atom is 0.430 e. The highest BCUT2D eigenvalue weighted by Gasteiger charge is 2.33. The number of rotatable bonds is 4. The van der Waals surface area contributed by atoms with E-state index in [1.807, 2.05) is 0 Å². The van der Waals surface area contributed by atoms with Crippen LogP contribution in [0.4, 0.5) is 0 Å². The summed E-state index contributed by atoms with van der Waals surface area (Å²) in [5, 5.41) is 28.7. The fraction of sp³-hybridized carbons (Fsp3) is 0.462. The van der Waals surface area contributed by atoms with Gasteiger partial charge in [-0.2, -0.15) is 0 Å². The molecule has 120 valence electrons. The molecule has 1 aromatic rings. The van der Waals surface area contributed by atoms with Crippen LogP contribution in [0.2, 0.25) is 6.32 Å². The summed E-state index contributed by atoms with van der Waals surface area (Å²) in [4.78, 5) is 11.5. The van der Waals surface area contributed by atoms with Crippen molar-refractivity contribution < 1.29 is 38.8 Å². The molecule has 22 heavy (non-hydrogen) atoms. The summed E-state index contributed by atoms with van der Waals surface area (Å²) in [6.45, 7) is -2.08. The summed E-state index contributed by atoms with van der Waals surface area (Å²) >= 11 is 0. The van der Waals surface area contributed by atoms with Crippen LogP contribution in [0.25, 0.3) is 0 Å². The number of ether oxygens (including phenoxy) is 3. The highest BCUT2D eigenvalue weighted by atomic mass is 16.7. The van der Waals surface area contributed by atoms with Gasteiger partial charge in [-0.25, -0.2) is 4.79 Å². The Labute approximate surface area is 126 Å². The molecule has 1 fully saturated rings. The molecule has 2 heterocycles. The van der Waals surface area contributed by atoms with Crippen LogP contribution in [-0.4, -0.2) is 54.0 Å². The van der Waals surface area contributed by atoms with E-state index in [-0.39, 0.29) is 30.0 Å². The van der Waals surface area contributed by atoms with E-state index in [9.17, 15) is 19.9 Å². The molecule has 0 amide bonds. The van der Waals surface area contributed by atoms with Gasteiger partial charge < -0.3 is 34.0 Å². The second-order valence-corrected chi connectivity index (χ2v) is 5.23. The second-order valence-electron chi connectivity index (χ2n) is 5.23. The Kier molecular flexibility index (Phi) is 3.96. The van der Waals surface area contributed by atoms with E-state index in [1.165, 1.54) is 6.07 Å². The predicted octanol–water partition coefficient (Wildman–Crippen LogP) is -0.00510. The quantitative estimate of drug-likeness (QED) is 0.665. The molecule has 0 saturated carbocycles. The van der Waals surface area contributed by atoms with Gasteiger partial charge in [-0.1, -0.05) is 12.4 Å². The van der Waals surface area contributed by atoms with Gasteiger partial charge in [-0.3, -0.25) is 0 Å². The standard InChI is InChI=1S/C13H16BO8/c15-13(16)11-9(21-7-10-19-5-6-20-10)2-1-8-3-4-14(17,18)22-12(8)11/h1-2,10,17-18H,3-7H2,(H,15,16)/q-1. The third kappa shape index (κ3) is 3.02. The van der Waals surface area contributed by atoms with Gasteiger partial charge in [0.05, 0.1) is 19.0 Å². The van der Waals surface area contributed by atoms with Crippen molar-refractivity contribution >= 4 is 12.7 Å². The monoisotopic (exact) mass is 311 g/mol. The molecule has 1 aromatic carbocycles. The molecule has 1 saturated heterocycles. The van der Waals surface area contributed by atoms with Crippen molar-refractivity contribution in [1.82, 2.24) is 0 Å². The Balaban J connectivity index is 1.88. The number of benzene rings is 1. The molecule has 0 aliphatic carbocycles. The van der Waals surface area contributed by atoms with E-state index in [1.54, 1.807) is 6.07 Å². The highest BCUT2D eigenvalue weighted by molar-refractivity contribution is 6.59. The van der Waals surface area contributed by atoms with Gasteiger partial charge in [0, 0.05) is 0 Å². The third-order valence-corrected chi connectivity index (χ3v) is 3.58. The molecule has 2 aliphatic rings. The average molecular weight is 311 g/mol. The van der Waals surface area contributed by atoms with Crippen molar-refractivity contribution in [3.8, 4) is 11.5 Å². The molecule has 0 radical (unpaired) electrons. The fourth-order valence-electron chi connectivity index (χ4n) is 2.51. The lowest BCUT2D eigenvalue weighted by Crippen LogP contribution is -2.45. The zero-order valence-electron chi connectivity index (χ0n) is 11.7. The van der Waals surface area contributed by atoms with Crippen molar-refractivity contribution in [3.63, 3.8) is 0 Å². The summed E-state index contributed by atoms with van der Waals surface area (Å²) in [7, 11) is 0. The zero-order chi connectivity index (χ0) is 15.7. The van der Waals surface area contributed by atoms with Gasteiger partial charge in [0.25, 0.3) is 0 Å². The van der Waals surface area contributed by atoms with E-state index in [4.69, 9.17) is 18.9 Å². The largest absolute Gasteiger partial charge is 0.669 e. The third-order valence-electron chi connectivity index (χ3n) is 3.58. The van der Waals surface area contributed by atoms with Gasteiger partial charge in [0.15, 0.2) is 6.29 Å². The predicted molar refractivity (Wildman–Crippen MR) is 73.9 cm³/mol. The lowest BCUT2D eigenvalue weighted by atomic mass is 9.70. The van der Waals surface area contributed by atoms with E-state index >= 15 is 0 Å². The first-order valence-corrected chi connectivity index (χ1v) is 7.01. The SMILES string of the molecule is O=C(O)c1c(OCC2OCCO2)ccc2c1O[B-](O)(O)CC2. The molecule has 3 N–H and O–H groups in total. The normalized spacial score (nSPS) is 20.3. The van der Waals surface area contributed by atoms with Crippen LogP contribution in [-0.2, 0) is 15.9 Å². The summed E-state index contributed by atoms with van der Waals surface area (Å²) in [5.74, 6) is -1.26. The summed E-state index contributed by atoms with van der Waals surface area (Å²) in [6.07, 6.45) is -0.203. The van der Waals surface area contributed by atoms with Crippen molar-refractivity contribution in [2.45, 2.75) is 19.0 Å². The molecule has 8 nitrogen and oxygen atoms in total. The Morgan fingerprint density at radius 1 is 1.32 bits per heavy atom. The molecular formula is C13H16BO8-. The number of hydrogen-bond donors (Lipinski definition) is 3. The molecular weight excluding hydrogens is 295 g/mol. The minimum absolute atomic E-state index is 0.0238. The van der Waals surface area contributed by atoms with Crippen LogP contribution in [0.3, 0.4) is 0 Å². The molecule has 0 atom stereocenters. The number of carboxylic acid groups (broad SMARTS) is 1. The molecule has 3 rings (SSSR count). The van der Waals surface area contributed by atoms with Crippen LogP contribution < -0.4 is 9.39 Å². The number of aryl methyl sites for hydroxylation is 1. The van der Waals surface area contributed by atoms with Crippen LogP contribution in [0.15, 0.2) is 12.1 Å².